The van der Waals surface area contributed by atoms with E-state index >= 15 is 0 Å². The van der Waals surface area contributed by atoms with Crippen molar-refractivity contribution in [3.63, 3.8) is 0 Å². The Balaban J connectivity index is 2.00. The van der Waals surface area contributed by atoms with Crippen molar-refractivity contribution < 1.29 is 9.84 Å². The number of rotatable bonds is 5. The van der Waals surface area contributed by atoms with Crippen LogP contribution in [0.3, 0.4) is 0 Å². The Hall–Kier alpha value is -2.23. The van der Waals surface area contributed by atoms with Crippen LogP contribution in [0.5, 0.6) is 11.5 Å². The van der Waals surface area contributed by atoms with Crippen molar-refractivity contribution in [1.82, 2.24) is 4.98 Å². The Bertz CT molecular complexity index is 538. The van der Waals surface area contributed by atoms with Gasteiger partial charge in [0.15, 0.2) is 0 Å². The molecule has 2 rings (SSSR count). The zero-order chi connectivity index (χ0) is 13.7. The van der Waals surface area contributed by atoms with Gasteiger partial charge in [0.2, 0.25) is 0 Å². The number of benzene rings is 1. The summed E-state index contributed by atoms with van der Waals surface area (Å²) >= 11 is 0. The van der Waals surface area contributed by atoms with Gasteiger partial charge in [-0.05, 0) is 50.2 Å². The summed E-state index contributed by atoms with van der Waals surface area (Å²) in [5.74, 6) is 1.06. The summed E-state index contributed by atoms with van der Waals surface area (Å²) in [7, 11) is 0. The van der Waals surface area contributed by atoms with Crippen molar-refractivity contribution in [3.8, 4) is 11.5 Å². The Morgan fingerprint density at radius 2 is 1.89 bits per heavy atom. The van der Waals surface area contributed by atoms with Crippen LogP contribution < -0.4 is 10.1 Å². The molecule has 0 unspecified atom stereocenters. The molecule has 4 heteroatoms. The van der Waals surface area contributed by atoms with E-state index in [1.165, 1.54) is 0 Å². The smallest absolute Gasteiger partial charge is 0.138 e. The number of hydrogen-bond acceptors (Lipinski definition) is 4. The highest BCUT2D eigenvalue weighted by molar-refractivity contribution is 5.47. The third kappa shape index (κ3) is 3.61. The summed E-state index contributed by atoms with van der Waals surface area (Å²) in [4.78, 5) is 4.30. The van der Waals surface area contributed by atoms with E-state index in [1.54, 1.807) is 12.1 Å². The summed E-state index contributed by atoms with van der Waals surface area (Å²) < 4.78 is 5.38. The number of nitrogens with one attached hydrogen (secondary N) is 1. The van der Waals surface area contributed by atoms with Crippen LogP contribution >= 0.6 is 0 Å². The Labute approximate surface area is 113 Å². The van der Waals surface area contributed by atoms with Crippen molar-refractivity contribution in [2.45, 2.75) is 20.4 Å². The van der Waals surface area contributed by atoms with E-state index in [0.717, 1.165) is 17.1 Å². The van der Waals surface area contributed by atoms with Gasteiger partial charge in [0.25, 0.3) is 0 Å². The van der Waals surface area contributed by atoms with Crippen LogP contribution in [0.2, 0.25) is 0 Å². The van der Waals surface area contributed by atoms with E-state index in [9.17, 15) is 5.11 Å². The third-order valence-corrected chi connectivity index (χ3v) is 2.71. The molecule has 1 aromatic heterocycles. The first-order valence-electron chi connectivity index (χ1n) is 6.31. The molecule has 0 aliphatic heterocycles. The van der Waals surface area contributed by atoms with Gasteiger partial charge in [-0.25, -0.2) is 0 Å². The molecule has 0 aliphatic carbocycles. The molecular formula is C15H18N2O2. The topological polar surface area (TPSA) is 54.4 Å². The van der Waals surface area contributed by atoms with Gasteiger partial charge in [0.1, 0.15) is 17.2 Å². The number of aromatic nitrogens is 1. The molecule has 0 saturated carbocycles. The molecule has 0 atom stereocenters. The fraction of sp³-hybridized carbons (Fsp3) is 0.267. The maximum atomic E-state index is 9.70. The summed E-state index contributed by atoms with van der Waals surface area (Å²) in [6.07, 6.45) is 0. The van der Waals surface area contributed by atoms with E-state index in [1.807, 2.05) is 38.1 Å². The van der Waals surface area contributed by atoms with Gasteiger partial charge in [0, 0.05) is 11.4 Å². The Morgan fingerprint density at radius 3 is 2.58 bits per heavy atom. The lowest BCUT2D eigenvalue weighted by Crippen LogP contribution is -2.03. The highest BCUT2D eigenvalue weighted by atomic mass is 16.5. The highest BCUT2D eigenvalue weighted by Crippen LogP contribution is 2.19. The van der Waals surface area contributed by atoms with Crippen molar-refractivity contribution >= 4 is 5.69 Å². The number of pyridine rings is 1. The van der Waals surface area contributed by atoms with E-state index in [4.69, 9.17) is 4.74 Å². The zero-order valence-corrected chi connectivity index (χ0v) is 11.2. The van der Waals surface area contributed by atoms with Crippen LogP contribution in [0.1, 0.15) is 18.3 Å². The van der Waals surface area contributed by atoms with E-state index in [-0.39, 0.29) is 5.75 Å². The van der Waals surface area contributed by atoms with Crippen molar-refractivity contribution in [3.05, 3.63) is 47.8 Å². The molecule has 19 heavy (non-hydrogen) atoms. The van der Waals surface area contributed by atoms with Crippen LogP contribution in [0, 0.1) is 6.92 Å². The molecule has 0 bridgehead atoms. The largest absolute Gasteiger partial charge is 0.506 e. The molecule has 4 nitrogen and oxygen atoms in total. The van der Waals surface area contributed by atoms with Gasteiger partial charge in [-0.2, -0.15) is 0 Å². The summed E-state index contributed by atoms with van der Waals surface area (Å²) in [5.41, 5.74) is 2.50. The summed E-state index contributed by atoms with van der Waals surface area (Å²) in [6, 6.07) is 11.2. The average Bonchev–Trinajstić information content (AvgIpc) is 2.42. The molecule has 0 radical (unpaired) electrons. The number of aromatic hydroxyl groups is 1. The van der Waals surface area contributed by atoms with Gasteiger partial charge < -0.3 is 15.2 Å². The van der Waals surface area contributed by atoms with Crippen molar-refractivity contribution in [1.29, 1.82) is 0 Å². The number of hydrogen-bond donors (Lipinski definition) is 2. The highest BCUT2D eigenvalue weighted by Gasteiger charge is 2.03. The van der Waals surface area contributed by atoms with Crippen LogP contribution in [-0.4, -0.2) is 16.7 Å². The molecule has 0 aliphatic rings. The maximum absolute atomic E-state index is 9.70. The summed E-state index contributed by atoms with van der Waals surface area (Å²) in [5, 5.41) is 12.9. The zero-order valence-electron chi connectivity index (χ0n) is 11.2. The molecule has 1 heterocycles. The molecule has 2 aromatic rings. The standard InChI is InChI=1S/C15H18N2O2/c1-3-19-13-7-5-12(6-8-13)16-10-14-15(18)9-4-11(2)17-14/h4-9,16,18H,3,10H2,1-2H3. The lowest BCUT2D eigenvalue weighted by molar-refractivity contribution is 0.340. The Kier molecular flexibility index (Phi) is 4.23. The van der Waals surface area contributed by atoms with Crippen LogP contribution in [-0.2, 0) is 6.54 Å². The van der Waals surface area contributed by atoms with Gasteiger partial charge >= 0.3 is 0 Å². The first kappa shape index (κ1) is 13.2. The number of anilines is 1. The lowest BCUT2D eigenvalue weighted by Gasteiger charge is -2.09. The first-order chi connectivity index (χ1) is 9.19. The summed E-state index contributed by atoms with van der Waals surface area (Å²) in [6.45, 7) is 5.01. The Morgan fingerprint density at radius 1 is 1.16 bits per heavy atom. The van der Waals surface area contributed by atoms with Crippen molar-refractivity contribution in [2.75, 3.05) is 11.9 Å². The normalized spacial score (nSPS) is 10.2. The monoisotopic (exact) mass is 258 g/mol. The molecule has 100 valence electrons. The quantitative estimate of drug-likeness (QED) is 0.865. The van der Waals surface area contributed by atoms with E-state index < -0.39 is 0 Å². The van der Waals surface area contributed by atoms with Crippen LogP contribution in [0.4, 0.5) is 5.69 Å². The minimum atomic E-state index is 0.212. The second-order valence-electron chi connectivity index (χ2n) is 4.23. The van der Waals surface area contributed by atoms with Crippen molar-refractivity contribution in [2.24, 2.45) is 0 Å². The lowest BCUT2D eigenvalue weighted by atomic mass is 10.2. The molecule has 0 amide bonds. The predicted molar refractivity (Wildman–Crippen MR) is 75.6 cm³/mol. The fourth-order valence-electron chi connectivity index (χ4n) is 1.75. The molecule has 0 spiro atoms. The number of ether oxygens (including phenoxy) is 1. The third-order valence-electron chi connectivity index (χ3n) is 2.71. The van der Waals surface area contributed by atoms with Gasteiger partial charge in [-0.15, -0.1) is 0 Å². The van der Waals surface area contributed by atoms with Gasteiger partial charge in [0.05, 0.1) is 13.2 Å². The second-order valence-corrected chi connectivity index (χ2v) is 4.23. The molecule has 1 aromatic carbocycles. The SMILES string of the molecule is CCOc1ccc(NCc2nc(C)ccc2O)cc1. The molecular weight excluding hydrogens is 240 g/mol. The fourth-order valence-corrected chi connectivity index (χ4v) is 1.75. The van der Waals surface area contributed by atoms with Crippen LogP contribution in [0.25, 0.3) is 0 Å². The number of aryl methyl sites for hydroxylation is 1. The van der Waals surface area contributed by atoms with Gasteiger partial charge in [-0.3, -0.25) is 4.98 Å². The predicted octanol–water partition coefficient (Wildman–Crippen LogP) is 3.11. The van der Waals surface area contributed by atoms with E-state index in [0.29, 0.717) is 18.8 Å². The average molecular weight is 258 g/mol. The van der Waals surface area contributed by atoms with Crippen LogP contribution in [0.15, 0.2) is 36.4 Å². The van der Waals surface area contributed by atoms with Gasteiger partial charge in [-0.1, -0.05) is 0 Å². The maximum Gasteiger partial charge on any atom is 0.138 e. The molecule has 0 saturated heterocycles. The van der Waals surface area contributed by atoms with E-state index in [2.05, 4.69) is 10.3 Å². The number of nitrogens with zero attached hydrogens (tertiary/aromatic N) is 1. The minimum absolute atomic E-state index is 0.212. The molecule has 2 N–H and O–H groups in total. The second kappa shape index (κ2) is 6.09. The molecule has 0 fully saturated rings. The first-order valence-corrected chi connectivity index (χ1v) is 6.31. The minimum Gasteiger partial charge on any atom is -0.506 e.